The monoisotopic (exact) mass is 307 g/mol. The van der Waals surface area contributed by atoms with E-state index in [4.69, 9.17) is 10.2 Å². The maximum absolute atomic E-state index is 11.9. The fourth-order valence-corrected chi connectivity index (χ4v) is 2.78. The Hall–Kier alpha value is -2.31. The average Bonchev–Trinajstić information content (AvgIpc) is 2.91. The molecule has 0 unspecified atom stereocenters. The van der Waals surface area contributed by atoms with Crippen LogP contribution in [0.25, 0.3) is 0 Å². The second-order valence-electron chi connectivity index (χ2n) is 5.54. The summed E-state index contributed by atoms with van der Waals surface area (Å²) in [6, 6.07) is 1.30. The summed E-state index contributed by atoms with van der Waals surface area (Å²) in [4.78, 5) is 35.2. The average molecular weight is 307 g/mol. The van der Waals surface area contributed by atoms with Gasteiger partial charge >= 0.3 is 0 Å². The molecule has 2 atom stereocenters. The number of nitrogens with two attached hydrogens (primary N) is 1. The number of carbonyl (C=O) groups excluding carboxylic acids is 3. The quantitative estimate of drug-likeness (QED) is 0.734. The minimum atomic E-state index is -0.386. The van der Waals surface area contributed by atoms with E-state index in [1.54, 1.807) is 13.0 Å². The molecular weight excluding hydrogens is 286 g/mol. The molecule has 1 saturated carbocycles. The number of furan rings is 1. The zero-order valence-corrected chi connectivity index (χ0v) is 12.6. The van der Waals surface area contributed by atoms with Crippen LogP contribution in [0.1, 0.15) is 41.8 Å². The molecule has 2 rings (SSSR count). The molecule has 0 aromatic carbocycles. The van der Waals surface area contributed by atoms with E-state index in [-0.39, 0.29) is 36.2 Å². The van der Waals surface area contributed by atoms with Gasteiger partial charge in [0.1, 0.15) is 5.76 Å². The molecule has 22 heavy (non-hydrogen) atoms. The van der Waals surface area contributed by atoms with Gasteiger partial charge in [-0.25, -0.2) is 0 Å². The molecular formula is C15H21N3O4. The molecule has 0 aliphatic heterocycles. The molecule has 3 amide bonds. The summed E-state index contributed by atoms with van der Waals surface area (Å²) in [5, 5.41) is 5.32. The molecule has 4 N–H and O–H groups in total. The summed E-state index contributed by atoms with van der Waals surface area (Å²) >= 11 is 0. The SMILES string of the molecule is Cc1occc1C(=O)NCC(=O)N[C@H]1CCCC[C@@H]1C(N)=O. The Morgan fingerprint density at radius 2 is 2.05 bits per heavy atom. The first-order valence-corrected chi connectivity index (χ1v) is 7.40. The van der Waals surface area contributed by atoms with Crippen LogP contribution < -0.4 is 16.4 Å². The van der Waals surface area contributed by atoms with Gasteiger partial charge in [0.2, 0.25) is 11.8 Å². The lowest BCUT2D eigenvalue weighted by atomic mass is 9.84. The normalized spacial score (nSPS) is 21.1. The van der Waals surface area contributed by atoms with E-state index in [0.717, 1.165) is 19.3 Å². The number of amides is 3. The molecule has 0 saturated heterocycles. The first-order valence-electron chi connectivity index (χ1n) is 7.40. The fraction of sp³-hybridized carbons (Fsp3) is 0.533. The summed E-state index contributed by atoms with van der Waals surface area (Å²) in [7, 11) is 0. The number of hydrogen-bond donors (Lipinski definition) is 3. The summed E-state index contributed by atoms with van der Waals surface area (Å²) in [6.45, 7) is 1.53. The number of rotatable bonds is 5. The van der Waals surface area contributed by atoms with Crippen LogP contribution in [0.4, 0.5) is 0 Å². The second kappa shape index (κ2) is 7.11. The highest BCUT2D eigenvalue weighted by Gasteiger charge is 2.30. The van der Waals surface area contributed by atoms with Gasteiger partial charge in [0.25, 0.3) is 5.91 Å². The number of aryl methyl sites for hydroxylation is 1. The van der Waals surface area contributed by atoms with Crippen molar-refractivity contribution in [1.29, 1.82) is 0 Å². The fourth-order valence-electron chi connectivity index (χ4n) is 2.78. The van der Waals surface area contributed by atoms with Crippen LogP contribution in [-0.4, -0.2) is 30.3 Å². The first kappa shape index (κ1) is 16.1. The van der Waals surface area contributed by atoms with Crippen molar-refractivity contribution in [2.45, 2.75) is 38.6 Å². The van der Waals surface area contributed by atoms with E-state index in [0.29, 0.717) is 17.7 Å². The Morgan fingerprint density at radius 1 is 1.32 bits per heavy atom. The molecule has 0 radical (unpaired) electrons. The van der Waals surface area contributed by atoms with E-state index >= 15 is 0 Å². The Morgan fingerprint density at radius 3 is 2.68 bits per heavy atom. The Labute approximate surface area is 128 Å². The van der Waals surface area contributed by atoms with Gasteiger partial charge in [0.15, 0.2) is 0 Å². The molecule has 1 heterocycles. The Bertz CT molecular complexity index is 567. The van der Waals surface area contributed by atoms with Crippen LogP contribution in [0.3, 0.4) is 0 Å². The van der Waals surface area contributed by atoms with Crippen molar-refractivity contribution in [2.75, 3.05) is 6.54 Å². The van der Waals surface area contributed by atoms with Crippen molar-refractivity contribution in [3.63, 3.8) is 0 Å². The van der Waals surface area contributed by atoms with Gasteiger partial charge in [0, 0.05) is 6.04 Å². The van der Waals surface area contributed by atoms with Gasteiger partial charge in [-0.1, -0.05) is 12.8 Å². The predicted octanol–water partition coefficient (Wildman–Crippen LogP) is 0.478. The van der Waals surface area contributed by atoms with Crippen molar-refractivity contribution in [3.8, 4) is 0 Å². The lowest BCUT2D eigenvalue weighted by molar-refractivity contribution is -0.125. The van der Waals surface area contributed by atoms with Crippen LogP contribution in [0.5, 0.6) is 0 Å². The molecule has 1 aliphatic rings. The smallest absolute Gasteiger partial charge is 0.255 e. The summed E-state index contributed by atoms with van der Waals surface area (Å²) in [5.41, 5.74) is 5.77. The Kier molecular flexibility index (Phi) is 5.19. The maximum atomic E-state index is 11.9. The highest BCUT2D eigenvalue weighted by Crippen LogP contribution is 2.24. The van der Waals surface area contributed by atoms with E-state index in [1.165, 1.54) is 6.26 Å². The molecule has 7 heteroatoms. The van der Waals surface area contributed by atoms with Crippen LogP contribution in [0.15, 0.2) is 16.7 Å². The Balaban J connectivity index is 1.83. The lowest BCUT2D eigenvalue weighted by Crippen LogP contribution is -2.49. The van der Waals surface area contributed by atoms with E-state index in [2.05, 4.69) is 10.6 Å². The van der Waals surface area contributed by atoms with Crippen LogP contribution in [-0.2, 0) is 9.59 Å². The number of nitrogens with one attached hydrogen (secondary N) is 2. The van der Waals surface area contributed by atoms with Gasteiger partial charge < -0.3 is 20.8 Å². The van der Waals surface area contributed by atoms with Gasteiger partial charge in [-0.3, -0.25) is 14.4 Å². The summed E-state index contributed by atoms with van der Waals surface area (Å²) in [5.74, 6) is -0.907. The zero-order valence-electron chi connectivity index (χ0n) is 12.6. The largest absolute Gasteiger partial charge is 0.469 e. The van der Waals surface area contributed by atoms with Crippen molar-refractivity contribution >= 4 is 17.7 Å². The molecule has 1 aliphatic carbocycles. The third kappa shape index (κ3) is 3.87. The van der Waals surface area contributed by atoms with E-state index < -0.39 is 0 Å². The minimum Gasteiger partial charge on any atom is -0.469 e. The number of primary amides is 1. The molecule has 0 spiro atoms. The van der Waals surface area contributed by atoms with Crippen LogP contribution in [0, 0.1) is 12.8 Å². The van der Waals surface area contributed by atoms with Gasteiger partial charge in [-0.15, -0.1) is 0 Å². The van der Waals surface area contributed by atoms with Crippen molar-refractivity contribution in [2.24, 2.45) is 11.7 Å². The molecule has 1 aromatic rings. The highest BCUT2D eigenvalue weighted by molar-refractivity contribution is 5.97. The molecule has 1 fully saturated rings. The molecule has 120 valence electrons. The third-order valence-corrected chi connectivity index (χ3v) is 3.99. The van der Waals surface area contributed by atoms with Gasteiger partial charge in [-0.2, -0.15) is 0 Å². The standard InChI is InChI=1S/C15H21N3O4/c1-9-10(6-7-22-9)15(21)17-8-13(19)18-12-5-3-2-4-11(12)14(16)20/h6-7,11-12H,2-5,8H2,1H3,(H2,16,20)(H,17,21)(H,18,19)/t11-,12-/m0/s1. The summed E-state index contributed by atoms with van der Waals surface area (Å²) < 4.78 is 5.04. The topological polar surface area (TPSA) is 114 Å². The molecule has 1 aromatic heterocycles. The second-order valence-corrected chi connectivity index (χ2v) is 5.54. The van der Waals surface area contributed by atoms with Crippen molar-refractivity contribution < 1.29 is 18.8 Å². The van der Waals surface area contributed by atoms with Crippen molar-refractivity contribution in [1.82, 2.24) is 10.6 Å². The zero-order chi connectivity index (χ0) is 16.1. The van der Waals surface area contributed by atoms with E-state index in [1.807, 2.05) is 0 Å². The lowest BCUT2D eigenvalue weighted by Gasteiger charge is -2.29. The maximum Gasteiger partial charge on any atom is 0.255 e. The highest BCUT2D eigenvalue weighted by atomic mass is 16.3. The van der Waals surface area contributed by atoms with Crippen molar-refractivity contribution in [3.05, 3.63) is 23.7 Å². The van der Waals surface area contributed by atoms with Gasteiger partial charge in [0.05, 0.1) is 24.3 Å². The summed E-state index contributed by atoms with van der Waals surface area (Å²) in [6.07, 6.45) is 4.74. The van der Waals surface area contributed by atoms with Gasteiger partial charge in [-0.05, 0) is 25.8 Å². The van der Waals surface area contributed by atoms with E-state index in [9.17, 15) is 14.4 Å². The molecule has 7 nitrogen and oxygen atoms in total. The number of hydrogen-bond acceptors (Lipinski definition) is 4. The first-order chi connectivity index (χ1) is 10.5. The minimum absolute atomic E-state index is 0.147. The number of carbonyl (C=O) groups is 3. The molecule has 0 bridgehead atoms. The van der Waals surface area contributed by atoms with Crippen LogP contribution >= 0.6 is 0 Å². The van der Waals surface area contributed by atoms with Crippen LogP contribution in [0.2, 0.25) is 0 Å². The predicted molar refractivity (Wildman–Crippen MR) is 78.9 cm³/mol. The third-order valence-electron chi connectivity index (χ3n) is 3.99.